The van der Waals surface area contributed by atoms with Gasteiger partial charge in [0.1, 0.15) is 5.82 Å². The zero-order chi connectivity index (χ0) is 18.1. The first-order valence-corrected chi connectivity index (χ1v) is 9.28. The van der Waals surface area contributed by atoms with Crippen molar-refractivity contribution in [2.75, 3.05) is 6.26 Å². The molecule has 128 valence electrons. The van der Waals surface area contributed by atoms with Gasteiger partial charge in [-0.15, -0.1) is 0 Å². The van der Waals surface area contributed by atoms with E-state index in [1.165, 1.54) is 12.1 Å². The van der Waals surface area contributed by atoms with Gasteiger partial charge in [-0.2, -0.15) is 0 Å². The molecule has 0 bridgehead atoms. The van der Waals surface area contributed by atoms with E-state index in [-0.39, 0.29) is 6.42 Å². The second kappa shape index (κ2) is 6.76. The van der Waals surface area contributed by atoms with Gasteiger partial charge >= 0.3 is 0 Å². The molecule has 2 aromatic carbocycles. The van der Waals surface area contributed by atoms with Crippen molar-refractivity contribution >= 4 is 34.0 Å². The van der Waals surface area contributed by atoms with Crippen LogP contribution >= 0.6 is 0 Å². The molecule has 2 aromatic rings. The molecule has 25 heavy (non-hydrogen) atoms. The summed E-state index contributed by atoms with van der Waals surface area (Å²) >= 11 is 0. The van der Waals surface area contributed by atoms with Gasteiger partial charge in [0.25, 0.3) is 0 Å². The number of carbonyl (C=O) groups is 1. The van der Waals surface area contributed by atoms with Crippen LogP contribution in [-0.2, 0) is 15.6 Å². The standard InChI is InChI=1S/C20H17FO3S/c1-12-17(9-13-3-6-15(7-4-13)25(2)24)16-8-5-14(21)10-19(16)18(12)11-20(22)23/h3-10H,11H2,1-2H3,(H,22,23)/p-1/b17-9-/t25-/m0/s1. The smallest absolute Gasteiger partial charge is 0.123 e. The lowest BCUT2D eigenvalue weighted by Crippen LogP contribution is -2.22. The van der Waals surface area contributed by atoms with Gasteiger partial charge in [-0.1, -0.05) is 18.2 Å². The van der Waals surface area contributed by atoms with Crippen molar-refractivity contribution in [3.8, 4) is 0 Å². The molecule has 0 spiro atoms. The van der Waals surface area contributed by atoms with Crippen molar-refractivity contribution in [1.82, 2.24) is 0 Å². The predicted octanol–water partition coefficient (Wildman–Crippen LogP) is 3.03. The molecule has 0 heterocycles. The van der Waals surface area contributed by atoms with Gasteiger partial charge in [0, 0.05) is 34.3 Å². The van der Waals surface area contributed by atoms with Gasteiger partial charge in [0.2, 0.25) is 0 Å². The average molecular weight is 355 g/mol. The van der Waals surface area contributed by atoms with Crippen molar-refractivity contribution in [1.29, 1.82) is 0 Å². The molecule has 1 aliphatic rings. The summed E-state index contributed by atoms with van der Waals surface area (Å²) < 4.78 is 25.1. The molecule has 1 atom stereocenters. The first-order valence-electron chi connectivity index (χ1n) is 7.72. The van der Waals surface area contributed by atoms with Crippen LogP contribution in [0.1, 0.15) is 30.0 Å². The maximum absolute atomic E-state index is 13.6. The number of carboxylic acid groups (broad SMARTS) is 1. The Morgan fingerprint density at radius 3 is 2.44 bits per heavy atom. The molecular formula is C20H16FO3S-. The summed E-state index contributed by atoms with van der Waals surface area (Å²) in [5.74, 6) is -1.60. The highest BCUT2D eigenvalue weighted by Crippen LogP contribution is 2.43. The maximum Gasteiger partial charge on any atom is 0.123 e. The van der Waals surface area contributed by atoms with E-state index in [4.69, 9.17) is 0 Å². The minimum atomic E-state index is -1.19. The zero-order valence-corrected chi connectivity index (χ0v) is 14.7. The summed E-state index contributed by atoms with van der Waals surface area (Å²) in [6.45, 7) is 1.83. The molecule has 0 aliphatic heterocycles. The van der Waals surface area contributed by atoms with E-state index in [9.17, 15) is 18.5 Å². The normalized spacial score (nSPS) is 16.2. The number of fused-ring (bicyclic) bond motifs is 1. The minimum Gasteiger partial charge on any atom is -0.550 e. The molecule has 1 aliphatic carbocycles. The fraction of sp³-hybridized carbons (Fsp3) is 0.150. The van der Waals surface area contributed by atoms with E-state index >= 15 is 0 Å². The average Bonchev–Trinajstić information content (AvgIpc) is 2.80. The van der Waals surface area contributed by atoms with Crippen LogP contribution in [0.5, 0.6) is 0 Å². The predicted molar refractivity (Wildman–Crippen MR) is 95.3 cm³/mol. The molecule has 0 amide bonds. The number of hydrogen-bond acceptors (Lipinski definition) is 3. The van der Waals surface area contributed by atoms with Crippen LogP contribution in [0.2, 0.25) is 0 Å². The number of rotatable bonds is 4. The molecule has 0 aromatic heterocycles. The molecule has 0 N–H and O–H groups in total. The Balaban J connectivity index is 2.10. The largest absolute Gasteiger partial charge is 0.550 e. The summed E-state index contributed by atoms with van der Waals surface area (Å²) in [6, 6.07) is 11.7. The van der Waals surface area contributed by atoms with Crippen LogP contribution in [0.25, 0.3) is 17.2 Å². The third kappa shape index (κ3) is 3.46. The van der Waals surface area contributed by atoms with E-state index < -0.39 is 22.6 Å². The maximum atomic E-state index is 13.6. The van der Waals surface area contributed by atoms with Gasteiger partial charge in [-0.3, -0.25) is 4.21 Å². The van der Waals surface area contributed by atoms with Crippen LogP contribution in [0, 0.1) is 5.82 Å². The zero-order valence-electron chi connectivity index (χ0n) is 13.8. The van der Waals surface area contributed by atoms with Gasteiger partial charge < -0.3 is 9.90 Å². The van der Waals surface area contributed by atoms with Crippen molar-refractivity contribution < 1.29 is 18.5 Å². The molecule has 3 nitrogen and oxygen atoms in total. The Hall–Kier alpha value is -2.53. The summed E-state index contributed by atoms with van der Waals surface area (Å²) in [5.41, 5.74) is 4.53. The Morgan fingerprint density at radius 2 is 1.84 bits per heavy atom. The van der Waals surface area contributed by atoms with Crippen molar-refractivity contribution in [2.45, 2.75) is 18.2 Å². The van der Waals surface area contributed by atoms with E-state index in [0.29, 0.717) is 11.1 Å². The number of carbonyl (C=O) groups excluding carboxylic acids is 1. The monoisotopic (exact) mass is 355 g/mol. The van der Waals surface area contributed by atoms with Crippen LogP contribution in [0.3, 0.4) is 0 Å². The van der Waals surface area contributed by atoms with Gasteiger partial charge in [0.15, 0.2) is 0 Å². The lowest BCUT2D eigenvalue weighted by atomic mass is 10.0. The Morgan fingerprint density at radius 1 is 1.16 bits per heavy atom. The molecule has 5 heteroatoms. The number of benzene rings is 2. The molecule has 0 saturated heterocycles. The topological polar surface area (TPSA) is 57.2 Å². The number of hydrogen-bond donors (Lipinski definition) is 0. The van der Waals surface area contributed by atoms with Gasteiger partial charge in [-0.25, -0.2) is 4.39 Å². The summed E-state index contributed by atoms with van der Waals surface area (Å²) in [4.78, 5) is 11.8. The number of halogens is 1. The molecule has 0 radical (unpaired) electrons. The Bertz CT molecular complexity index is 940. The SMILES string of the molecule is CC1=C(CC(=O)[O-])c2cc(F)ccc2/C1=C\c1ccc([S@](C)=O)cc1. The third-order valence-electron chi connectivity index (χ3n) is 4.30. The number of carboxylic acids is 1. The molecule has 0 unspecified atom stereocenters. The fourth-order valence-electron chi connectivity index (χ4n) is 3.05. The Kier molecular flexibility index (Phi) is 4.68. The van der Waals surface area contributed by atoms with Gasteiger partial charge in [-0.05, 0) is 70.7 Å². The number of allylic oxidation sites excluding steroid dienone is 2. The summed E-state index contributed by atoms with van der Waals surface area (Å²) in [5, 5.41) is 11.1. The first-order chi connectivity index (χ1) is 11.9. The highest BCUT2D eigenvalue weighted by Gasteiger charge is 2.24. The van der Waals surface area contributed by atoms with Crippen molar-refractivity contribution in [3.63, 3.8) is 0 Å². The highest BCUT2D eigenvalue weighted by molar-refractivity contribution is 7.84. The lowest BCUT2D eigenvalue weighted by molar-refractivity contribution is -0.304. The molecule has 0 fully saturated rings. The third-order valence-corrected chi connectivity index (χ3v) is 5.23. The van der Waals surface area contributed by atoms with E-state index in [2.05, 4.69) is 0 Å². The molecule has 0 saturated carbocycles. The minimum absolute atomic E-state index is 0.257. The molecule has 3 rings (SSSR count). The van der Waals surface area contributed by atoms with E-state index in [0.717, 1.165) is 27.2 Å². The van der Waals surface area contributed by atoms with Crippen LogP contribution in [0.4, 0.5) is 4.39 Å². The van der Waals surface area contributed by atoms with Crippen LogP contribution in [-0.4, -0.2) is 16.4 Å². The van der Waals surface area contributed by atoms with Gasteiger partial charge in [0.05, 0.1) is 0 Å². The summed E-state index contributed by atoms with van der Waals surface area (Å²) in [6.07, 6.45) is 3.29. The molecular weight excluding hydrogens is 339 g/mol. The van der Waals surface area contributed by atoms with Crippen molar-refractivity contribution in [3.05, 3.63) is 70.5 Å². The van der Waals surface area contributed by atoms with E-state index in [1.54, 1.807) is 24.5 Å². The summed E-state index contributed by atoms with van der Waals surface area (Å²) in [7, 11) is -1.04. The second-order valence-corrected chi connectivity index (χ2v) is 7.30. The van der Waals surface area contributed by atoms with E-state index in [1.807, 2.05) is 25.1 Å². The highest BCUT2D eigenvalue weighted by atomic mass is 32.2. The van der Waals surface area contributed by atoms with Crippen molar-refractivity contribution in [2.24, 2.45) is 0 Å². The Labute approximate surface area is 148 Å². The lowest BCUT2D eigenvalue weighted by Gasteiger charge is -2.06. The van der Waals surface area contributed by atoms with Crippen LogP contribution < -0.4 is 5.11 Å². The first kappa shape index (κ1) is 17.3. The fourth-order valence-corrected chi connectivity index (χ4v) is 3.57. The number of aliphatic carboxylic acids is 1. The second-order valence-electron chi connectivity index (χ2n) is 5.92. The van der Waals surface area contributed by atoms with Crippen LogP contribution in [0.15, 0.2) is 52.9 Å². The quantitative estimate of drug-likeness (QED) is 0.847.